The van der Waals surface area contributed by atoms with E-state index in [1.54, 1.807) is 6.92 Å². The molecule has 0 fully saturated rings. The largest absolute Gasteiger partial charge is 0.335 e. The van der Waals surface area contributed by atoms with Gasteiger partial charge >= 0.3 is 0 Å². The molecular formula is C16H16ClN3O5S. The van der Waals surface area contributed by atoms with E-state index in [-0.39, 0.29) is 21.2 Å². The van der Waals surface area contributed by atoms with Gasteiger partial charge in [-0.2, -0.15) is 0 Å². The molecule has 0 aromatic heterocycles. The molecule has 8 nitrogen and oxygen atoms in total. The molecule has 10 heteroatoms. The monoisotopic (exact) mass is 397 g/mol. The van der Waals surface area contributed by atoms with E-state index in [4.69, 9.17) is 16.7 Å². The summed E-state index contributed by atoms with van der Waals surface area (Å²) >= 11 is 5.77. The van der Waals surface area contributed by atoms with Gasteiger partial charge in [0.25, 0.3) is 11.6 Å². The molecule has 2 rings (SSSR count). The van der Waals surface area contributed by atoms with Crippen LogP contribution in [0.2, 0.25) is 5.02 Å². The van der Waals surface area contributed by atoms with E-state index in [2.05, 4.69) is 0 Å². The summed E-state index contributed by atoms with van der Waals surface area (Å²) < 4.78 is 22.6. The van der Waals surface area contributed by atoms with Gasteiger partial charge in [-0.3, -0.25) is 14.9 Å². The standard InChI is InChI=1S/C16H16ClN3O5S/c1-10(11-3-6-13(7-4-11)26(18,24)25)19(2)16(21)14-8-5-12(17)9-15(14)20(22)23/h3-10H,1-2H3,(H2,18,24,25). The molecule has 0 aliphatic rings. The van der Waals surface area contributed by atoms with Crippen LogP contribution in [0.5, 0.6) is 0 Å². The third-order valence-corrected chi connectivity index (χ3v) is 5.14. The Bertz CT molecular complexity index is 960. The van der Waals surface area contributed by atoms with E-state index < -0.39 is 26.9 Å². The molecule has 2 aromatic carbocycles. The fourth-order valence-electron chi connectivity index (χ4n) is 2.36. The molecule has 0 heterocycles. The molecule has 0 saturated heterocycles. The van der Waals surface area contributed by atoms with Gasteiger partial charge in [0.2, 0.25) is 10.0 Å². The number of hydrogen-bond donors (Lipinski definition) is 1. The highest BCUT2D eigenvalue weighted by atomic mass is 35.5. The van der Waals surface area contributed by atoms with Gasteiger partial charge in [-0.15, -0.1) is 0 Å². The molecule has 26 heavy (non-hydrogen) atoms. The van der Waals surface area contributed by atoms with Gasteiger partial charge in [-0.25, -0.2) is 13.6 Å². The van der Waals surface area contributed by atoms with Crippen LogP contribution in [0, 0.1) is 10.1 Å². The highest BCUT2D eigenvalue weighted by molar-refractivity contribution is 7.89. The molecule has 0 spiro atoms. The maximum absolute atomic E-state index is 12.7. The second kappa shape index (κ2) is 7.40. The van der Waals surface area contributed by atoms with Crippen LogP contribution in [0.1, 0.15) is 28.9 Å². The normalized spacial score (nSPS) is 12.5. The van der Waals surface area contributed by atoms with E-state index in [0.717, 1.165) is 6.07 Å². The minimum atomic E-state index is -3.81. The number of nitro benzene ring substituents is 1. The highest BCUT2D eigenvalue weighted by Gasteiger charge is 2.26. The zero-order valence-corrected chi connectivity index (χ0v) is 15.5. The summed E-state index contributed by atoms with van der Waals surface area (Å²) in [5.41, 5.74) is 0.172. The van der Waals surface area contributed by atoms with E-state index in [1.807, 2.05) is 0 Å². The average molecular weight is 398 g/mol. The van der Waals surface area contributed by atoms with E-state index in [1.165, 1.54) is 48.3 Å². The molecule has 0 saturated carbocycles. The second-order valence-corrected chi connectivity index (χ2v) is 7.62. The van der Waals surface area contributed by atoms with Gasteiger partial charge in [0, 0.05) is 18.1 Å². The number of halogens is 1. The van der Waals surface area contributed by atoms with Crippen LogP contribution in [0.4, 0.5) is 5.69 Å². The minimum Gasteiger partial charge on any atom is -0.335 e. The molecule has 138 valence electrons. The number of nitrogens with two attached hydrogens (primary N) is 1. The van der Waals surface area contributed by atoms with Gasteiger partial charge in [0.1, 0.15) is 5.56 Å². The number of rotatable bonds is 5. The Labute approximate surface area is 155 Å². The third kappa shape index (κ3) is 4.18. The number of carbonyl (C=O) groups excluding carboxylic acids is 1. The van der Waals surface area contributed by atoms with Gasteiger partial charge < -0.3 is 4.90 Å². The van der Waals surface area contributed by atoms with Crippen LogP contribution in [0.25, 0.3) is 0 Å². The molecule has 0 aliphatic heterocycles. The summed E-state index contributed by atoms with van der Waals surface area (Å²) in [5, 5.41) is 16.4. The van der Waals surface area contributed by atoms with E-state index >= 15 is 0 Å². The SMILES string of the molecule is CC(c1ccc(S(N)(=O)=O)cc1)N(C)C(=O)c1ccc(Cl)cc1[N+](=O)[O-]. The van der Waals surface area contributed by atoms with Crippen molar-refractivity contribution in [3.8, 4) is 0 Å². The van der Waals surface area contributed by atoms with Crippen LogP contribution >= 0.6 is 11.6 Å². The lowest BCUT2D eigenvalue weighted by atomic mass is 10.1. The Kier molecular flexibility index (Phi) is 5.65. The van der Waals surface area contributed by atoms with Crippen molar-refractivity contribution in [2.75, 3.05) is 7.05 Å². The number of hydrogen-bond acceptors (Lipinski definition) is 5. The minimum absolute atomic E-state index is 0.0456. The van der Waals surface area contributed by atoms with Crippen molar-refractivity contribution in [3.05, 3.63) is 68.7 Å². The van der Waals surface area contributed by atoms with Crippen molar-refractivity contribution in [3.63, 3.8) is 0 Å². The van der Waals surface area contributed by atoms with Gasteiger partial charge in [-0.1, -0.05) is 23.7 Å². The average Bonchev–Trinajstić information content (AvgIpc) is 2.59. The fraction of sp³-hybridized carbons (Fsp3) is 0.188. The first-order valence-corrected chi connectivity index (χ1v) is 9.28. The lowest BCUT2D eigenvalue weighted by Gasteiger charge is -2.25. The highest BCUT2D eigenvalue weighted by Crippen LogP contribution is 2.27. The van der Waals surface area contributed by atoms with E-state index in [0.29, 0.717) is 5.56 Å². The van der Waals surface area contributed by atoms with Crippen molar-refractivity contribution in [2.24, 2.45) is 5.14 Å². The van der Waals surface area contributed by atoms with Crippen molar-refractivity contribution < 1.29 is 18.1 Å². The first-order chi connectivity index (χ1) is 12.0. The van der Waals surface area contributed by atoms with E-state index in [9.17, 15) is 23.3 Å². The van der Waals surface area contributed by atoms with Crippen molar-refractivity contribution in [1.82, 2.24) is 4.90 Å². The summed E-state index contributed by atoms with van der Waals surface area (Å²) in [5.74, 6) is -0.559. The first-order valence-electron chi connectivity index (χ1n) is 7.36. The number of nitro groups is 1. The van der Waals surface area contributed by atoms with Crippen LogP contribution in [0.3, 0.4) is 0 Å². The topological polar surface area (TPSA) is 124 Å². The molecular weight excluding hydrogens is 382 g/mol. The molecule has 1 unspecified atom stereocenters. The van der Waals surface area contributed by atoms with Gasteiger partial charge in [-0.05, 0) is 36.8 Å². The fourth-order valence-corrected chi connectivity index (χ4v) is 3.04. The van der Waals surface area contributed by atoms with Crippen molar-refractivity contribution in [1.29, 1.82) is 0 Å². The molecule has 1 amide bonds. The van der Waals surface area contributed by atoms with Crippen molar-refractivity contribution >= 4 is 33.2 Å². The quantitative estimate of drug-likeness (QED) is 0.613. The predicted molar refractivity (Wildman–Crippen MR) is 96.4 cm³/mol. The summed E-state index contributed by atoms with van der Waals surface area (Å²) in [6.07, 6.45) is 0. The molecule has 0 radical (unpaired) electrons. The summed E-state index contributed by atoms with van der Waals surface area (Å²) in [6.45, 7) is 1.71. The molecule has 0 bridgehead atoms. The zero-order valence-electron chi connectivity index (χ0n) is 13.9. The molecule has 2 N–H and O–H groups in total. The molecule has 1 atom stereocenters. The van der Waals surface area contributed by atoms with Crippen LogP contribution in [0.15, 0.2) is 47.4 Å². The Morgan fingerprint density at radius 3 is 2.31 bits per heavy atom. The number of carbonyl (C=O) groups is 1. The Balaban J connectivity index is 2.32. The zero-order chi connectivity index (χ0) is 19.6. The maximum atomic E-state index is 12.7. The Hall–Kier alpha value is -2.49. The predicted octanol–water partition coefficient (Wildman–Crippen LogP) is 2.73. The van der Waals surface area contributed by atoms with Crippen LogP contribution in [-0.2, 0) is 10.0 Å². The van der Waals surface area contributed by atoms with Crippen LogP contribution < -0.4 is 5.14 Å². The molecule has 0 aliphatic carbocycles. The number of benzene rings is 2. The van der Waals surface area contributed by atoms with Crippen LogP contribution in [-0.4, -0.2) is 31.2 Å². The Morgan fingerprint density at radius 2 is 1.81 bits per heavy atom. The summed E-state index contributed by atoms with van der Waals surface area (Å²) in [4.78, 5) is 24.5. The van der Waals surface area contributed by atoms with Crippen molar-refractivity contribution in [2.45, 2.75) is 17.9 Å². The number of amides is 1. The van der Waals surface area contributed by atoms with Gasteiger partial charge in [0.05, 0.1) is 15.9 Å². The maximum Gasteiger partial charge on any atom is 0.283 e. The smallest absolute Gasteiger partial charge is 0.283 e. The number of nitrogens with zero attached hydrogens (tertiary/aromatic N) is 2. The number of sulfonamides is 1. The first kappa shape index (κ1) is 19.8. The summed E-state index contributed by atoms with van der Waals surface area (Å²) in [6, 6.07) is 9.10. The third-order valence-electron chi connectivity index (χ3n) is 3.98. The second-order valence-electron chi connectivity index (χ2n) is 5.62. The lowest BCUT2D eigenvalue weighted by Crippen LogP contribution is -2.30. The molecule has 2 aromatic rings. The lowest BCUT2D eigenvalue weighted by molar-refractivity contribution is -0.385. The van der Waals surface area contributed by atoms with Gasteiger partial charge in [0.15, 0.2) is 0 Å². The summed E-state index contributed by atoms with van der Waals surface area (Å²) in [7, 11) is -2.31. The number of primary sulfonamides is 1. The Morgan fingerprint density at radius 1 is 1.23 bits per heavy atom.